The number of nitrogens with zero attached hydrogens (tertiary/aromatic N) is 1. The number of carbonyl (C=O) groups is 2. The number of carbonyl (C=O) groups excluding carboxylic acids is 2. The summed E-state index contributed by atoms with van der Waals surface area (Å²) in [5.41, 5.74) is -1.52. The molecule has 0 aromatic heterocycles. The summed E-state index contributed by atoms with van der Waals surface area (Å²) in [7, 11) is 0. The van der Waals surface area contributed by atoms with Crippen LogP contribution in [0.1, 0.15) is 40.5 Å². The van der Waals surface area contributed by atoms with E-state index >= 15 is 0 Å². The number of piperidine rings is 1. The van der Waals surface area contributed by atoms with Crippen LogP contribution in [-0.2, 0) is 9.53 Å². The van der Waals surface area contributed by atoms with E-state index in [9.17, 15) is 14.7 Å². The van der Waals surface area contributed by atoms with Crippen LogP contribution in [0.5, 0.6) is 0 Å². The van der Waals surface area contributed by atoms with E-state index in [1.807, 2.05) is 0 Å². The lowest BCUT2D eigenvalue weighted by Gasteiger charge is -2.43. The van der Waals surface area contributed by atoms with Gasteiger partial charge in [-0.3, -0.25) is 4.79 Å². The first kappa shape index (κ1) is 15.9. The smallest absolute Gasteiger partial charge is 0.417 e. The zero-order valence-electron chi connectivity index (χ0n) is 12.2. The van der Waals surface area contributed by atoms with Crippen LogP contribution in [-0.4, -0.2) is 52.8 Å². The van der Waals surface area contributed by atoms with Gasteiger partial charge < -0.3 is 15.2 Å². The zero-order valence-corrected chi connectivity index (χ0v) is 12.2. The summed E-state index contributed by atoms with van der Waals surface area (Å²) in [6.45, 7) is 7.64. The molecule has 0 aliphatic carbocycles. The minimum Gasteiger partial charge on any atom is -0.443 e. The maximum Gasteiger partial charge on any atom is 0.417 e. The molecule has 6 nitrogen and oxygen atoms in total. The van der Waals surface area contributed by atoms with Gasteiger partial charge in [-0.1, -0.05) is 0 Å². The zero-order chi connectivity index (χ0) is 14.7. The lowest BCUT2D eigenvalue weighted by atomic mass is 9.87. The Kier molecular flexibility index (Phi) is 4.92. The van der Waals surface area contributed by atoms with Crippen molar-refractivity contribution in [3.05, 3.63) is 0 Å². The van der Waals surface area contributed by atoms with Gasteiger partial charge in [0.1, 0.15) is 5.60 Å². The lowest BCUT2D eigenvalue weighted by molar-refractivity contribution is -0.137. The molecule has 110 valence electrons. The average molecular weight is 272 g/mol. The van der Waals surface area contributed by atoms with Gasteiger partial charge in [0.2, 0.25) is 5.91 Å². The van der Waals surface area contributed by atoms with E-state index in [1.165, 1.54) is 6.92 Å². The first-order valence-corrected chi connectivity index (χ1v) is 6.57. The van der Waals surface area contributed by atoms with Gasteiger partial charge >= 0.3 is 6.09 Å². The number of nitrogens with one attached hydrogen (secondary N) is 1. The molecule has 0 spiro atoms. The predicted octanol–water partition coefficient (Wildman–Crippen LogP) is 0.885. The van der Waals surface area contributed by atoms with Gasteiger partial charge in [-0.05, 0) is 46.7 Å². The largest absolute Gasteiger partial charge is 0.443 e. The Balaban J connectivity index is 2.98. The molecular formula is C13H24N2O4. The molecule has 1 aliphatic heterocycles. The fourth-order valence-corrected chi connectivity index (χ4v) is 2.31. The third-order valence-corrected chi connectivity index (χ3v) is 3.19. The maximum absolute atomic E-state index is 12.2. The van der Waals surface area contributed by atoms with E-state index < -0.39 is 23.1 Å². The Bertz CT molecular complexity index is 343. The van der Waals surface area contributed by atoms with Crippen molar-refractivity contribution in [1.29, 1.82) is 0 Å². The Hall–Kier alpha value is -1.14. The van der Waals surface area contributed by atoms with Crippen LogP contribution in [0.15, 0.2) is 0 Å². The van der Waals surface area contributed by atoms with Gasteiger partial charge in [-0.25, -0.2) is 9.69 Å². The highest BCUT2D eigenvalue weighted by Crippen LogP contribution is 2.28. The van der Waals surface area contributed by atoms with Crippen molar-refractivity contribution < 1.29 is 19.4 Å². The van der Waals surface area contributed by atoms with E-state index in [0.29, 0.717) is 25.9 Å². The second-order valence-corrected chi connectivity index (χ2v) is 5.97. The number of rotatable bonds is 2. The summed E-state index contributed by atoms with van der Waals surface area (Å²) in [5, 5.41) is 12.8. The molecule has 2 amide bonds. The van der Waals surface area contributed by atoms with Crippen molar-refractivity contribution in [3.8, 4) is 0 Å². The summed E-state index contributed by atoms with van der Waals surface area (Å²) in [4.78, 5) is 25.1. The van der Waals surface area contributed by atoms with E-state index in [-0.39, 0.29) is 6.61 Å². The lowest BCUT2D eigenvalue weighted by Crippen LogP contribution is -2.61. The number of aliphatic hydroxyl groups excluding tert-OH is 1. The van der Waals surface area contributed by atoms with E-state index in [0.717, 1.165) is 4.90 Å². The summed E-state index contributed by atoms with van der Waals surface area (Å²) in [5.74, 6) is -0.398. The van der Waals surface area contributed by atoms with Crippen LogP contribution in [0.4, 0.5) is 4.79 Å². The molecular weight excluding hydrogens is 248 g/mol. The molecule has 0 unspecified atom stereocenters. The third-order valence-electron chi connectivity index (χ3n) is 3.19. The van der Waals surface area contributed by atoms with Crippen LogP contribution >= 0.6 is 0 Å². The van der Waals surface area contributed by atoms with Gasteiger partial charge in [-0.2, -0.15) is 0 Å². The van der Waals surface area contributed by atoms with E-state index in [2.05, 4.69) is 5.32 Å². The van der Waals surface area contributed by atoms with Crippen molar-refractivity contribution in [2.75, 3.05) is 19.7 Å². The van der Waals surface area contributed by atoms with Crippen LogP contribution in [0.3, 0.4) is 0 Å². The summed E-state index contributed by atoms with van der Waals surface area (Å²) in [6.07, 6.45) is 0.376. The standard InChI is InChI=1S/C13H24N2O4/c1-10(17)15(11(18)19-12(2,3)4)13(9-16)5-7-14-8-6-13/h14,16H,5-9H2,1-4H3. The first-order valence-electron chi connectivity index (χ1n) is 6.57. The second-order valence-electron chi connectivity index (χ2n) is 5.97. The number of hydrogen-bond donors (Lipinski definition) is 2. The Morgan fingerprint density at radius 1 is 1.32 bits per heavy atom. The van der Waals surface area contributed by atoms with Gasteiger partial charge in [0.25, 0.3) is 0 Å². The van der Waals surface area contributed by atoms with Gasteiger partial charge in [0.05, 0.1) is 12.1 Å². The molecule has 2 N–H and O–H groups in total. The van der Waals surface area contributed by atoms with E-state index in [1.54, 1.807) is 20.8 Å². The van der Waals surface area contributed by atoms with Gasteiger partial charge in [-0.15, -0.1) is 0 Å². The van der Waals surface area contributed by atoms with Crippen molar-refractivity contribution in [2.24, 2.45) is 0 Å². The summed E-state index contributed by atoms with van der Waals surface area (Å²) >= 11 is 0. The number of imide groups is 1. The van der Waals surface area contributed by atoms with Crippen molar-refractivity contribution >= 4 is 12.0 Å². The van der Waals surface area contributed by atoms with Crippen molar-refractivity contribution in [2.45, 2.75) is 51.7 Å². The topological polar surface area (TPSA) is 78.9 Å². The predicted molar refractivity (Wildman–Crippen MR) is 70.7 cm³/mol. The number of aliphatic hydroxyl groups is 1. The molecule has 1 heterocycles. The Morgan fingerprint density at radius 3 is 2.21 bits per heavy atom. The van der Waals surface area contributed by atoms with Gasteiger partial charge in [0.15, 0.2) is 0 Å². The van der Waals surface area contributed by atoms with Crippen LogP contribution < -0.4 is 5.32 Å². The van der Waals surface area contributed by atoms with Crippen LogP contribution in [0, 0.1) is 0 Å². The van der Waals surface area contributed by atoms with Gasteiger partial charge in [0, 0.05) is 6.92 Å². The average Bonchev–Trinajstić information content (AvgIpc) is 2.27. The van der Waals surface area contributed by atoms with Crippen molar-refractivity contribution in [3.63, 3.8) is 0 Å². The molecule has 19 heavy (non-hydrogen) atoms. The summed E-state index contributed by atoms with van der Waals surface area (Å²) < 4.78 is 5.28. The number of amides is 2. The quantitative estimate of drug-likeness (QED) is 0.780. The molecule has 0 aromatic rings. The highest BCUT2D eigenvalue weighted by Gasteiger charge is 2.44. The molecule has 0 aromatic carbocycles. The molecule has 0 radical (unpaired) electrons. The minimum absolute atomic E-state index is 0.243. The van der Waals surface area contributed by atoms with Crippen LogP contribution in [0.2, 0.25) is 0 Å². The van der Waals surface area contributed by atoms with E-state index in [4.69, 9.17) is 4.74 Å². The molecule has 0 saturated carbocycles. The Morgan fingerprint density at radius 2 is 1.84 bits per heavy atom. The maximum atomic E-state index is 12.2. The Labute approximate surface area is 114 Å². The minimum atomic E-state index is -0.848. The molecule has 1 aliphatic rings. The SMILES string of the molecule is CC(=O)N(C(=O)OC(C)(C)C)C1(CO)CCNCC1. The molecule has 1 saturated heterocycles. The highest BCUT2D eigenvalue weighted by molar-refractivity contribution is 5.91. The first-order chi connectivity index (χ1) is 8.72. The molecule has 1 rings (SSSR count). The highest BCUT2D eigenvalue weighted by atomic mass is 16.6. The normalized spacial score (nSPS) is 18.8. The molecule has 6 heteroatoms. The second kappa shape index (κ2) is 5.88. The molecule has 1 fully saturated rings. The molecule has 0 bridgehead atoms. The third kappa shape index (κ3) is 3.91. The van der Waals surface area contributed by atoms with Crippen LogP contribution in [0.25, 0.3) is 0 Å². The number of hydrogen-bond acceptors (Lipinski definition) is 5. The monoisotopic (exact) mass is 272 g/mol. The number of ether oxygens (including phenoxy) is 1. The molecule has 0 atom stereocenters. The fourth-order valence-electron chi connectivity index (χ4n) is 2.31. The fraction of sp³-hybridized carbons (Fsp3) is 0.846. The van der Waals surface area contributed by atoms with Crippen molar-refractivity contribution in [1.82, 2.24) is 10.2 Å². The summed E-state index contributed by atoms with van der Waals surface area (Å²) in [6, 6.07) is 0.